The summed E-state index contributed by atoms with van der Waals surface area (Å²) in [5.74, 6) is 1.49. The average molecular weight is 306 g/mol. The van der Waals surface area contributed by atoms with Gasteiger partial charge in [0.25, 0.3) is 0 Å². The number of furan rings is 1. The molecule has 0 spiro atoms. The summed E-state index contributed by atoms with van der Waals surface area (Å²) in [6.45, 7) is 4.32. The van der Waals surface area contributed by atoms with Crippen molar-refractivity contribution >= 4 is 17.0 Å². The van der Waals surface area contributed by atoms with Crippen molar-refractivity contribution in [3.05, 3.63) is 29.5 Å². The number of carbonyl (C=O) groups excluding carboxylic acids is 1. The number of hydrogen-bond donors (Lipinski definition) is 3. The first kappa shape index (κ1) is 16.2. The quantitative estimate of drug-likeness (QED) is 0.716. The number of fused-ring (bicyclic) bond motifs is 1. The molecule has 1 heterocycles. The Labute approximate surface area is 129 Å². The van der Waals surface area contributed by atoms with Gasteiger partial charge in [-0.15, -0.1) is 0 Å². The fourth-order valence-electron chi connectivity index (χ4n) is 2.35. The lowest BCUT2D eigenvalue weighted by molar-refractivity contribution is 0.233. The van der Waals surface area contributed by atoms with E-state index in [0.717, 1.165) is 28.0 Å². The Balaban J connectivity index is 2.12. The molecule has 0 bridgehead atoms. The largest absolute Gasteiger partial charge is 0.497 e. The molecule has 0 saturated carbocycles. The summed E-state index contributed by atoms with van der Waals surface area (Å²) < 4.78 is 11.1. The number of aliphatic hydroxyl groups is 1. The van der Waals surface area contributed by atoms with Crippen LogP contribution in [0, 0.1) is 6.92 Å². The second-order valence-electron chi connectivity index (χ2n) is 5.15. The Morgan fingerprint density at radius 3 is 2.91 bits per heavy atom. The minimum atomic E-state index is -0.279. The van der Waals surface area contributed by atoms with Gasteiger partial charge < -0.3 is 24.9 Å². The molecule has 2 aromatic rings. The summed E-state index contributed by atoms with van der Waals surface area (Å²) in [6, 6.07) is 5.09. The maximum Gasteiger partial charge on any atom is 0.315 e. The molecule has 1 aromatic heterocycles. The van der Waals surface area contributed by atoms with Gasteiger partial charge in [-0.3, -0.25) is 0 Å². The standard InChI is InChI=1S/C16H22N2O4/c1-10-13-9-12(21-3)5-6-14(13)22-15(10)11(2)18-16(20)17-7-4-8-19/h5-6,9,11,19H,4,7-8H2,1-3H3,(H2,17,18,20). The van der Waals surface area contributed by atoms with Crippen LogP contribution in [0.2, 0.25) is 0 Å². The molecule has 2 amide bonds. The molecule has 22 heavy (non-hydrogen) atoms. The predicted molar refractivity (Wildman–Crippen MR) is 84.2 cm³/mol. The number of aryl methyl sites for hydroxylation is 1. The van der Waals surface area contributed by atoms with E-state index in [4.69, 9.17) is 14.3 Å². The number of ether oxygens (including phenoxy) is 1. The van der Waals surface area contributed by atoms with Gasteiger partial charge in [-0.25, -0.2) is 4.79 Å². The number of aliphatic hydroxyl groups excluding tert-OH is 1. The van der Waals surface area contributed by atoms with Gasteiger partial charge in [-0.1, -0.05) is 0 Å². The van der Waals surface area contributed by atoms with Crippen LogP contribution in [0.5, 0.6) is 5.75 Å². The van der Waals surface area contributed by atoms with Crippen LogP contribution < -0.4 is 15.4 Å². The van der Waals surface area contributed by atoms with Crippen LogP contribution in [0.1, 0.15) is 30.7 Å². The van der Waals surface area contributed by atoms with Crippen LogP contribution in [0.3, 0.4) is 0 Å². The minimum absolute atomic E-state index is 0.0559. The molecular weight excluding hydrogens is 284 g/mol. The van der Waals surface area contributed by atoms with Gasteiger partial charge in [0.05, 0.1) is 13.2 Å². The number of rotatable bonds is 6. The Hall–Kier alpha value is -2.21. The summed E-state index contributed by atoms with van der Waals surface area (Å²) in [5.41, 5.74) is 1.75. The minimum Gasteiger partial charge on any atom is -0.497 e. The number of amides is 2. The highest BCUT2D eigenvalue weighted by Crippen LogP contribution is 2.31. The lowest BCUT2D eigenvalue weighted by atomic mass is 10.1. The number of nitrogens with one attached hydrogen (secondary N) is 2. The van der Waals surface area contributed by atoms with E-state index in [2.05, 4.69) is 10.6 Å². The van der Waals surface area contributed by atoms with Crippen LogP contribution in [0.25, 0.3) is 11.0 Å². The average Bonchev–Trinajstić information content (AvgIpc) is 2.84. The van der Waals surface area contributed by atoms with Gasteiger partial charge in [0.2, 0.25) is 0 Å². The SMILES string of the molecule is COc1ccc2oc(C(C)NC(=O)NCCCO)c(C)c2c1. The molecule has 0 aliphatic carbocycles. The van der Waals surface area contributed by atoms with Crippen molar-refractivity contribution in [3.8, 4) is 5.75 Å². The van der Waals surface area contributed by atoms with Crippen molar-refractivity contribution in [3.63, 3.8) is 0 Å². The molecule has 120 valence electrons. The van der Waals surface area contributed by atoms with E-state index in [9.17, 15) is 4.79 Å². The Morgan fingerprint density at radius 2 is 2.23 bits per heavy atom. The molecule has 2 rings (SSSR count). The molecule has 1 aromatic carbocycles. The van der Waals surface area contributed by atoms with Gasteiger partial charge in [0.1, 0.15) is 17.1 Å². The molecule has 0 fully saturated rings. The molecule has 0 aliphatic heterocycles. The number of carbonyl (C=O) groups is 1. The van der Waals surface area contributed by atoms with Crippen molar-refractivity contribution in [2.75, 3.05) is 20.3 Å². The normalized spacial score (nSPS) is 12.2. The molecule has 1 atom stereocenters. The third-order valence-corrected chi connectivity index (χ3v) is 3.54. The van der Waals surface area contributed by atoms with Crippen molar-refractivity contribution in [2.24, 2.45) is 0 Å². The van der Waals surface area contributed by atoms with E-state index in [1.807, 2.05) is 32.0 Å². The van der Waals surface area contributed by atoms with Crippen molar-refractivity contribution < 1.29 is 19.1 Å². The first-order valence-corrected chi connectivity index (χ1v) is 7.29. The first-order chi connectivity index (χ1) is 10.6. The number of benzene rings is 1. The molecule has 0 radical (unpaired) electrons. The maximum absolute atomic E-state index is 11.8. The van der Waals surface area contributed by atoms with E-state index in [1.54, 1.807) is 7.11 Å². The van der Waals surface area contributed by atoms with Gasteiger partial charge in [-0.2, -0.15) is 0 Å². The molecule has 0 aliphatic rings. The Kier molecular flexibility index (Phi) is 5.27. The van der Waals surface area contributed by atoms with Gasteiger partial charge in [0.15, 0.2) is 0 Å². The highest BCUT2D eigenvalue weighted by molar-refractivity contribution is 5.84. The van der Waals surface area contributed by atoms with Crippen LogP contribution >= 0.6 is 0 Å². The number of hydrogen-bond acceptors (Lipinski definition) is 4. The van der Waals surface area contributed by atoms with Crippen LogP contribution in [-0.4, -0.2) is 31.4 Å². The highest BCUT2D eigenvalue weighted by atomic mass is 16.5. The lowest BCUT2D eigenvalue weighted by Gasteiger charge is -2.13. The fraction of sp³-hybridized carbons (Fsp3) is 0.438. The highest BCUT2D eigenvalue weighted by Gasteiger charge is 2.18. The second-order valence-corrected chi connectivity index (χ2v) is 5.15. The summed E-state index contributed by atoms with van der Waals surface area (Å²) >= 11 is 0. The summed E-state index contributed by atoms with van der Waals surface area (Å²) in [4.78, 5) is 11.8. The first-order valence-electron chi connectivity index (χ1n) is 7.29. The number of methoxy groups -OCH3 is 1. The van der Waals surface area contributed by atoms with Gasteiger partial charge >= 0.3 is 6.03 Å². The Bertz CT molecular complexity index is 651. The van der Waals surface area contributed by atoms with Crippen molar-refractivity contribution in [1.82, 2.24) is 10.6 Å². The topological polar surface area (TPSA) is 83.7 Å². The van der Waals surface area contributed by atoms with E-state index in [-0.39, 0.29) is 18.7 Å². The third kappa shape index (κ3) is 3.51. The zero-order valence-corrected chi connectivity index (χ0v) is 13.1. The van der Waals surface area contributed by atoms with E-state index in [0.29, 0.717) is 13.0 Å². The summed E-state index contributed by atoms with van der Waals surface area (Å²) in [5, 5.41) is 15.2. The van der Waals surface area contributed by atoms with E-state index in [1.165, 1.54) is 0 Å². The summed E-state index contributed by atoms with van der Waals surface area (Å²) in [6.07, 6.45) is 0.533. The second kappa shape index (κ2) is 7.17. The van der Waals surface area contributed by atoms with Crippen molar-refractivity contribution in [1.29, 1.82) is 0 Å². The molecule has 0 saturated heterocycles. The van der Waals surface area contributed by atoms with Gasteiger partial charge in [-0.05, 0) is 38.5 Å². The van der Waals surface area contributed by atoms with Crippen LogP contribution in [0.4, 0.5) is 4.79 Å². The third-order valence-electron chi connectivity index (χ3n) is 3.54. The molecular formula is C16H22N2O4. The van der Waals surface area contributed by atoms with E-state index >= 15 is 0 Å². The molecule has 6 heteroatoms. The van der Waals surface area contributed by atoms with E-state index < -0.39 is 0 Å². The number of urea groups is 1. The van der Waals surface area contributed by atoms with Crippen molar-refractivity contribution in [2.45, 2.75) is 26.3 Å². The molecule has 1 unspecified atom stereocenters. The predicted octanol–water partition coefficient (Wildman–Crippen LogP) is 2.49. The fourth-order valence-corrected chi connectivity index (χ4v) is 2.35. The van der Waals surface area contributed by atoms with Gasteiger partial charge in [0, 0.05) is 24.1 Å². The summed E-state index contributed by atoms with van der Waals surface area (Å²) in [7, 11) is 1.62. The maximum atomic E-state index is 11.8. The molecule has 3 N–H and O–H groups in total. The Morgan fingerprint density at radius 1 is 1.45 bits per heavy atom. The lowest BCUT2D eigenvalue weighted by Crippen LogP contribution is -2.37. The smallest absolute Gasteiger partial charge is 0.315 e. The molecule has 6 nitrogen and oxygen atoms in total. The monoisotopic (exact) mass is 306 g/mol. The zero-order valence-electron chi connectivity index (χ0n) is 13.1. The zero-order chi connectivity index (χ0) is 16.1. The van der Waals surface area contributed by atoms with Crippen LogP contribution in [0.15, 0.2) is 22.6 Å². The van der Waals surface area contributed by atoms with Crippen LogP contribution in [-0.2, 0) is 0 Å².